The van der Waals surface area contributed by atoms with Gasteiger partial charge in [-0.2, -0.15) is 0 Å². The summed E-state index contributed by atoms with van der Waals surface area (Å²) < 4.78 is 6.44. The summed E-state index contributed by atoms with van der Waals surface area (Å²) in [5.74, 6) is 0.824. The van der Waals surface area contributed by atoms with Crippen LogP contribution in [-0.4, -0.2) is 11.7 Å². The van der Waals surface area contributed by atoms with Crippen LogP contribution in [0.4, 0.5) is 0 Å². The molecule has 2 aromatic rings. The van der Waals surface area contributed by atoms with Crippen LogP contribution in [0.3, 0.4) is 0 Å². The van der Waals surface area contributed by atoms with Crippen molar-refractivity contribution in [2.24, 2.45) is 0 Å². The third kappa shape index (κ3) is 3.37. The number of halogens is 1. The largest absolute Gasteiger partial charge is 0.494 e. The van der Waals surface area contributed by atoms with Gasteiger partial charge in [0.25, 0.3) is 0 Å². The van der Waals surface area contributed by atoms with Gasteiger partial charge in [-0.3, -0.25) is 0 Å². The number of hydrogen-bond donors (Lipinski definition) is 1. The van der Waals surface area contributed by atoms with E-state index in [4.69, 9.17) is 4.74 Å². The van der Waals surface area contributed by atoms with Crippen LogP contribution < -0.4 is 4.74 Å². The van der Waals surface area contributed by atoms with Crippen molar-refractivity contribution in [3.63, 3.8) is 0 Å². The molecule has 2 rings (SSSR count). The second-order valence-electron chi connectivity index (χ2n) is 4.41. The monoisotopic (exact) mass is 320 g/mol. The van der Waals surface area contributed by atoms with E-state index in [1.165, 1.54) is 0 Å². The molecule has 0 aliphatic heterocycles. The second-order valence-corrected chi connectivity index (χ2v) is 5.27. The zero-order valence-electron chi connectivity index (χ0n) is 11.1. The lowest BCUT2D eigenvalue weighted by atomic mass is 10.00. The van der Waals surface area contributed by atoms with Crippen molar-refractivity contribution in [2.75, 3.05) is 6.61 Å². The van der Waals surface area contributed by atoms with E-state index in [2.05, 4.69) is 15.9 Å². The van der Waals surface area contributed by atoms with Crippen molar-refractivity contribution in [1.82, 2.24) is 0 Å². The molecule has 0 saturated carbocycles. The Bertz CT molecular complexity index is 549. The van der Waals surface area contributed by atoms with Crippen LogP contribution in [0.5, 0.6) is 5.75 Å². The van der Waals surface area contributed by atoms with E-state index in [1.807, 2.05) is 56.3 Å². The zero-order chi connectivity index (χ0) is 13.8. The Morgan fingerprint density at radius 1 is 1.11 bits per heavy atom. The maximum atomic E-state index is 10.4. The van der Waals surface area contributed by atoms with Crippen LogP contribution in [0.15, 0.2) is 46.9 Å². The first-order valence-corrected chi connectivity index (χ1v) is 7.08. The van der Waals surface area contributed by atoms with Crippen molar-refractivity contribution in [3.8, 4) is 5.75 Å². The molecule has 3 heteroatoms. The first-order chi connectivity index (χ1) is 9.11. The predicted molar refractivity (Wildman–Crippen MR) is 80.6 cm³/mol. The highest BCUT2D eigenvalue weighted by Gasteiger charge is 2.11. The number of hydrogen-bond acceptors (Lipinski definition) is 2. The summed E-state index contributed by atoms with van der Waals surface area (Å²) in [6, 6.07) is 13.4. The summed E-state index contributed by atoms with van der Waals surface area (Å²) in [7, 11) is 0. The van der Waals surface area contributed by atoms with Crippen molar-refractivity contribution in [1.29, 1.82) is 0 Å². The van der Waals surface area contributed by atoms with E-state index in [9.17, 15) is 5.11 Å². The van der Waals surface area contributed by atoms with E-state index in [1.54, 1.807) is 0 Å². The van der Waals surface area contributed by atoms with Crippen LogP contribution in [0.25, 0.3) is 0 Å². The van der Waals surface area contributed by atoms with Gasteiger partial charge in [0.15, 0.2) is 0 Å². The fraction of sp³-hybridized carbons (Fsp3) is 0.250. The maximum Gasteiger partial charge on any atom is 0.119 e. The molecule has 0 aliphatic rings. The molecule has 0 bridgehead atoms. The third-order valence-electron chi connectivity index (χ3n) is 3.00. The minimum atomic E-state index is -0.609. The Labute approximate surface area is 122 Å². The highest BCUT2D eigenvalue weighted by Crippen LogP contribution is 2.27. The zero-order valence-corrected chi connectivity index (χ0v) is 12.6. The summed E-state index contributed by atoms with van der Waals surface area (Å²) in [6.45, 7) is 4.61. The van der Waals surface area contributed by atoms with Gasteiger partial charge in [-0.15, -0.1) is 0 Å². The topological polar surface area (TPSA) is 29.5 Å². The molecule has 1 atom stereocenters. The van der Waals surface area contributed by atoms with Crippen LogP contribution in [0, 0.1) is 6.92 Å². The van der Waals surface area contributed by atoms with Crippen molar-refractivity contribution < 1.29 is 9.84 Å². The van der Waals surface area contributed by atoms with Gasteiger partial charge < -0.3 is 9.84 Å². The average molecular weight is 321 g/mol. The Kier molecular flexibility index (Phi) is 4.61. The first-order valence-electron chi connectivity index (χ1n) is 6.28. The molecule has 0 amide bonds. The normalized spacial score (nSPS) is 12.2. The average Bonchev–Trinajstić information content (AvgIpc) is 2.42. The minimum absolute atomic E-state index is 0.609. The van der Waals surface area contributed by atoms with Crippen LogP contribution >= 0.6 is 15.9 Å². The van der Waals surface area contributed by atoms with Crippen molar-refractivity contribution in [2.45, 2.75) is 20.0 Å². The lowest BCUT2D eigenvalue weighted by Crippen LogP contribution is -2.00. The number of ether oxygens (including phenoxy) is 1. The molecule has 19 heavy (non-hydrogen) atoms. The Morgan fingerprint density at radius 3 is 2.32 bits per heavy atom. The number of benzene rings is 2. The summed E-state index contributed by atoms with van der Waals surface area (Å²) >= 11 is 3.46. The molecule has 0 saturated heterocycles. The van der Waals surface area contributed by atoms with Gasteiger partial charge in [-0.25, -0.2) is 0 Å². The molecule has 2 nitrogen and oxygen atoms in total. The van der Waals surface area contributed by atoms with Gasteiger partial charge in [-0.05, 0) is 48.7 Å². The molecule has 0 aliphatic carbocycles. The quantitative estimate of drug-likeness (QED) is 0.913. The lowest BCUT2D eigenvalue weighted by molar-refractivity contribution is 0.220. The highest BCUT2D eigenvalue weighted by atomic mass is 79.9. The first kappa shape index (κ1) is 14.1. The fourth-order valence-electron chi connectivity index (χ4n) is 1.94. The molecular weight excluding hydrogens is 304 g/mol. The van der Waals surface area contributed by atoms with E-state index in [0.29, 0.717) is 6.61 Å². The SMILES string of the molecule is CCOc1ccc(C(O)c2ccc(Br)c(C)c2)cc1. The maximum absolute atomic E-state index is 10.4. The Morgan fingerprint density at radius 2 is 1.74 bits per heavy atom. The standard InChI is InChI=1S/C16H17BrO2/c1-3-19-14-7-4-12(5-8-14)16(18)13-6-9-15(17)11(2)10-13/h4-10,16,18H,3H2,1-2H3. The van der Waals surface area contributed by atoms with Gasteiger partial charge in [0.05, 0.1) is 6.61 Å². The summed E-state index contributed by atoms with van der Waals surface area (Å²) in [6.07, 6.45) is -0.609. The van der Waals surface area contributed by atoms with Gasteiger partial charge in [0.2, 0.25) is 0 Å². The van der Waals surface area contributed by atoms with Crippen LogP contribution in [-0.2, 0) is 0 Å². The number of aliphatic hydroxyl groups excluding tert-OH is 1. The molecule has 0 fully saturated rings. The molecule has 2 aromatic carbocycles. The highest BCUT2D eigenvalue weighted by molar-refractivity contribution is 9.10. The van der Waals surface area contributed by atoms with Gasteiger partial charge >= 0.3 is 0 Å². The smallest absolute Gasteiger partial charge is 0.119 e. The molecule has 1 N–H and O–H groups in total. The van der Waals surface area contributed by atoms with Gasteiger partial charge in [-0.1, -0.05) is 40.2 Å². The minimum Gasteiger partial charge on any atom is -0.494 e. The lowest BCUT2D eigenvalue weighted by Gasteiger charge is -2.13. The fourth-order valence-corrected chi connectivity index (χ4v) is 2.19. The van der Waals surface area contributed by atoms with E-state index < -0.39 is 6.10 Å². The molecular formula is C16H17BrO2. The molecule has 0 radical (unpaired) electrons. The number of aliphatic hydroxyl groups is 1. The van der Waals surface area contributed by atoms with Crippen LogP contribution in [0.2, 0.25) is 0 Å². The molecule has 0 aromatic heterocycles. The summed E-state index contributed by atoms with van der Waals surface area (Å²) in [5, 5.41) is 10.4. The van der Waals surface area contributed by atoms with E-state index in [0.717, 1.165) is 26.9 Å². The van der Waals surface area contributed by atoms with Crippen molar-refractivity contribution in [3.05, 3.63) is 63.6 Å². The molecule has 0 heterocycles. The molecule has 1 unspecified atom stereocenters. The Hall–Kier alpha value is -1.32. The second kappa shape index (κ2) is 6.22. The predicted octanol–water partition coefficient (Wildman–Crippen LogP) is 4.24. The third-order valence-corrected chi connectivity index (χ3v) is 3.89. The number of aryl methyl sites for hydroxylation is 1. The van der Waals surface area contributed by atoms with Crippen molar-refractivity contribution >= 4 is 15.9 Å². The molecule has 0 spiro atoms. The van der Waals surface area contributed by atoms with Gasteiger partial charge in [0.1, 0.15) is 11.9 Å². The summed E-state index contributed by atoms with van der Waals surface area (Å²) in [5.41, 5.74) is 2.87. The summed E-state index contributed by atoms with van der Waals surface area (Å²) in [4.78, 5) is 0. The van der Waals surface area contributed by atoms with E-state index in [-0.39, 0.29) is 0 Å². The van der Waals surface area contributed by atoms with Crippen LogP contribution in [0.1, 0.15) is 29.7 Å². The van der Waals surface area contributed by atoms with Gasteiger partial charge in [0, 0.05) is 4.47 Å². The number of rotatable bonds is 4. The molecule has 100 valence electrons. The van der Waals surface area contributed by atoms with E-state index >= 15 is 0 Å². The Balaban J connectivity index is 2.22.